The number of carboxylic acid groups (broad SMARTS) is 1. The number of ether oxygens (including phenoxy) is 1. The standard InChI is InChI=1S/C16H14N2O4/c1-22-14-5-3-2-4-12(14)13-7-6-11(10-17)16(21)18(13)9-8-15(19)20/h2-7H,8-9H2,1H3,(H,19,20). The van der Waals surface area contributed by atoms with Gasteiger partial charge in [0.05, 0.1) is 19.2 Å². The van der Waals surface area contributed by atoms with E-state index in [-0.39, 0.29) is 18.5 Å². The van der Waals surface area contributed by atoms with Crippen LogP contribution >= 0.6 is 0 Å². The van der Waals surface area contributed by atoms with Crippen molar-refractivity contribution in [3.63, 3.8) is 0 Å². The molecule has 0 aliphatic carbocycles. The van der Waals surface area contributed by atoms with Gasteiger partial charge in [-0.15, -0.1) is 0 Å². The molecule has 1 N–H and O–H groups in total. The molecule has 1 aromatic carbocycles. The molecule has 22 heavy (non-hydrogen) atoms. The quantitative estimate of drug-likeness (QED) is 0.909. The van der Waals surface area contributed by atoms with E-state index >= 15 is 0 Å². The Morgan fingerprint density at radius 3 is 2.68 bits per heavy atom. The molecule has 0 unspecified atom stereocenters. The summed E-state index contributed by atoms with van der Waals surface area (Å²) in [6.45, 7) is -0.0168. The summed E-state index contributed by atoms with van der Waals surface area (Å²) in [6.07, 6.45) is -0.211. The first-order valence-electron chi connectivity index (χ1n) is 6.57. The van der Waals surface area contributed by atoms with E-state index in [9.17, 15) is 9.59 Å². The van der Waals surface area contributed by atoms with Crippen LogP contribution in [0.2, 0.25) is 0 Å². The molecule has 0 saturated heterocycles. The van der Waals surface area contributed by atoms with Crippen molar-refractivity contribution in [2.24, 2.45) is 0 Å². The predicted molar refractivity (Wildman–Crippen MR) is 79.7 cm³/mol. The largest absolute Gasteiger partial charge is 0.496 e. The Hall–Kier alpha value is -3.07. The highest BCUT2D eigenvalue weighted by molar-refractivity contribution is 5.69. The number of methoxy groups -OCH3 is 1. The first-order chi connectivity index (χ1) is 10.6. The fourth-order valence-corrected chi connectivity index (χ4v) is 2.18. The number of rotatable bonds is 5. The third-order valence-corrected chi connectivity index (χ3v) is 3.23. The van der Waals surface area contributed by atoms with Gasteiger partial charge in [-0.05, 0) is 24.3 Å². The summed E-state index contributed by atoms with van der Waals surface area (Å²) in [7, 11) is 1.52. The molecule has 0 spiro atoms. The molecule has 0 radical (unpaired) electrons. The number of nitrogens with zero attached hydrogens (tertiary/aromatic N) is 2. The van der Waals surface area contributed by atoms with Gasteiger partial charge in [0.15, 0.2) is 0 Å². The first kappa shape index (κ1) is 15.3. The molecular formula is C16H14N2O4. The SMILES string of the molecule is COc1ccccc1-c1ccc(C#N)c(=O)n1CCC(=O)O. The highest BCUT2D eigenvalue weighted by Crippen LogP contribution is 2.29. The Morgan fingerprint density at radius 2 is 2.05 bits per heavy atom. The number of aliphatic carboxylic acids is 1. The van der Waals surface area contributed by atoms with E-state index in [1.165, 1.54) is 17.7 Å². The van der Waals surface area contributed by atoms with Crippen molar-refractivity contribution in [2.75, 3.05) is 7.11 Å². The number of benzene rings is 1. The molecule has 0 amide bonds. The minimum absolute atomic E-state index is 0.0168. The van der Waals surface area contributed by atoms with Gasteiger partial charge in [-0.1, -0.05) is 12.1 Å². The number of pyridine rings is 1. The summed E-state index contributed by atoms with van der Waals surface area (Å²) in [6, 6.07) is 12.0. The molecule has 0 aliphatic heterocycles. The number of hydrogen-bond acceptors (Lipinski definition) is 4. The summed E-state index contributed by atoms with van der Waals surface area (Å²) in [5.74, 6) is -0.448. The van der Waals surface area contributed by atoms with Gasteiger partial charge in [-0.25, -0.2) is 0 Å². The number of hydrogen-bond donors (Lipinski definition) is 1. The molecule has 2 aromatic rings. The lowest BCUT2D eigenvalue weighted by atomic mass is 10.1. The molecule has 0 bridgehead atoms. The summed E-state index contributed by atoms with van der Waals surface area (Å²) >= 11 is 0. The average Bonchev–Trinajstić information content (AvgIpc) is 2.53. The molecule has 6 heteroatoms. The fourth-order valence-electron chi connectivity index (χ4n) is 2.18. The van der Waals surface area contributed by atoms with Crippen LogP contribution < -0.4 is 10.3 Å². The second-order valence-electron chi connectivity index (χ2n) is 4.54. The molecule has 1 aromatic heterocycles. The highest BCUT2D eigenvalue weighted by Gasteiger charge is 2.14. The van der Waals surface area contributed by atoms with Crippen LogP contribution in [0.5, 0.6) is 5.75 Å². The molecule has 2 rings (SSSR count). The van der Waals surface area contributed by atoms with Gasteiger partial charge >= 0.3 is 5.97 Å². The number of nitriles is 1. The third-order valence-electron chi connectivity index (χ3n) is 3.23. The Balaban J connectivity index is 2.65. The Morgan fingerprint density at radius 1 is 1.32 bits per heavy atom. The van der Waals surface area contributed by atoms with Crippen molar-refractivity contribution >= 4 is 5.97 Å². The van der Waals surface area contributed by atoms with Gasteiger partial charge in [0.25, 0.3) is 5.56 Å². The smallest absolute Gasteiger partial charge is 0.305 e. The molecule has 6 nitrogen and oxygen atoms in total. The lowest BCUT2D eigenvalue weighted by Gasteiger charge is -2.15. The number of aromatic nitrogens is 1. The van der Waals surface area contributed by atoms with Crippen molar-refractivity contribution in [3.05, 3.63) is 52.3 Å². The van der Waals surface area contributed by atoms with Crippen molar-refractivity contribution in [2.45, 2.75) is 13.0 Å². The fraction of sp³-hybridized carbons (Fsp3) is 0.188. The lowest BCUT2D eigenvalue weighted by molar-refractivity contribution is -0.137. The molecular weight excluding hydrogens is 284 g/mol. The Kier molecular flexibility index (Phi) is 4.59. The van der Waals surface area contributed by atoms with Gasteiger partial charge in [0.2, 0.25) is 0 Å². The molecule has 0 aliphatic rings. The van der Waals surface area contributed by atoms with Crippen LogP contribution in [-0.2, 0) is 11.3 Å². The third kappa shape index (κ3) is 2.99. The van der Waals surface area contributed by atoms with E-state index in [2.05, 4.69) is 0 Å². The minimum atomic E-state index is -1.01. The molecule has 0 fully saturated rings. The van der Waals surface area contributed by atoms with Crippen LogP contribution in [0.3, 0.4) is 0 Å². The van der Waals surface area contributed by atoms with Gasteiger partial charge in [-0.3, -0.25) is 9.59 Å². The second-order valence-corrected chi connectivity index (χ2v) is 4.54. The molecule has 0 saturated carbocycles. The Labute approximate surface area is 126 Å². The van der Waals surface area contributed by atoms with Crippen LogP contribution in [0.25, 0.3) is 11.3 Å². The monoisotopic (exact) mass is 298 g/mol. The van der Waals surface area contributed by atoms with Crippen LogP contribution in [0.1, 0.15) is 12.0 Å². The Bertz CT molecular complexity index is 803. The van der Waals surface area contributed by atoms with Crippen LogP contribution in [0, 0.1) is 11.3 Å². The maximum Gasteiger partial charge on any atom is 0.305 e. The number of carbonyl (C=O) groups is 1. The van der Waals surface area contributed by atoms with E-state index in [1.807, 2.05) is 6.07 Å². The summed E-state index contributed by atoms with van der Waals surface area (Å²) < 4.78 is 6.58. The molecule has 112 valence electrons. The molecule has 1 heterocycles. The van der Waals surface area contributed by atoms with Crippen molar-refractivity contribution < 1.29 is 14.6 Å². The van der Waals surface area contributed by atoms with Gasteiger partial charge < -0.3 is 14.4 Å². The topological polar surface area (TPSA) is 92.3 Å². The maximum atomic E-state index is 12.3. The summed E-state index contributed by atoms with van der Waals surface area (Å²) in [4.78, 5) is 23.1. The van der Waals surface area contributed by atoms with E-state index in [0.717, 1.165) is 0 Å². The van der Waals surface area contributed by atoms with Gasteiger partial charge in [0.1, 0.15) is 17.4 Å². The van der Waals surface area contributed by atoms with E-state index < -0.39 is 11.5 Å². The zero-order chi connectivity index (χ0) is 16.1. The van der Waals surface area contributed by atoms with Crippen molar-refractivity contribution in [1.29, 1.82) is 5.26 Å². The van der Waals surface area contributed by atoms with Gasteiger partial charge in [-0.2, -0.15) is 5.26 Å². The summed E-state index contributed by atoms with van der Waals surface area (Å²) in [5, 5.41) is 17.8. The van der Waals surface area contributed by atoms with E-state index in [0.29, 0.717) is 17.0 Å². The maximum absolute atomic E-state index is 12.3. The average molecular weight is 298 g/mol. The predicted octanol–water partition coefficient (Wildman–Crippen LogP) is 1.87. The second kappa shape index (κ2) is 6.59. The van der Waals surface area contributed by atoms with Crippen molar-refractivity contribution in [1.82, 2.24) is 4.57 Å². The summed E-state index contributed by atoms with van der Waals surface area (Å²) in [5.41, 5.74) is 0.649. The van der Waals surface area contributed by atoms with Crippen LogP contribution in [0.15, 0.2) is 41.2 Å². The van der Waals surface area contributed by atoms with Crippen LogP contribution in [0.4, 0.5) is 0 Å². The zero-order valence-corrected chi connectivity index (χ0v) is 11.9. The van der Waals surface area contributed by atoms with E-state index in [1.54, 1.807) is 30.3 Å². The normalized spacial score (nSPS) is 10.0. The number of carboxylic acids is 1. The molecule has 0 atom stereocenters. The number of para-hydroxylation sites is 1. The van der Waals surface area contributed by atoms with Gasteiger partial charge in [0, 0.05) is 12.1 Å². The zero-order valence-electron chi connectivity index (χ0n) is 11.9. The first-order valence-corrected chi connectivity index (χ1v) is 6.57. The minimum Gasteiger partial charge on any atom is -0.496 e. The highest BCUT2D eigenvalue weighted by atomic mass is 16.5. The van der Waals surface area contributed by atoms with E-state index in [4.69, 9.17) is 15.1 Å². The van der Waals surface area contributed by atoms with Crippen LogP contribution in [-0.4, -0.2) is 22.8 Å². The van der Waals surface area contributed by atoms with Crippen molar-refractivity contribution in [3.8, 4) is 23.1 Å². The lowest BCUT2D eigenvalue weighted by Crippen LogP contribution is -2.25.